The lowest BCUT2D eigenvalue weighted by Gasteiger charge is -2.07. The van der Waals surface area contributed by atoms with Gasteiger partial charge < -0.3 is 5.73 Å². The molecule has 0 saturated heterocycles. The van der Waals surface area contributed by atoms with Crippen LogP contribution in [-0.4, -0.2) is 19.9 Å². The van der Waals surface area contributed by atoms with E-state index in [9.17, 15) is 12.8 Å². The predicted octanol–water partition coefficient (Wildman–Crippen LogP) is 1.20. The van der Waals surface area contributed by atoms with Crippen LogP contribution in [-0.2, 0) is 23.0 Å². The van der Waals surface area contributed by atoms with Gasteiger partial charge in [0.05, 0.1) is 0 Å². The first-order valence-corrected chi connectivity index (χ1v) is 7.89. The molecule has 0 aliphatic rings. The second-order valence-corrected chi connectivity index (χ2v) is 6.20. The summed E-state index contributed by atoms with van der Waals surface area (Å²) in [6.07, 6.45) is 1.83. The highest BCUT2D eigenvalue weighted by Gasteiger charge is 2.14. The van der Waals surface area contributed by atoms with Gasteiger partial charge in [0.1, 0.15) is 5.82 Å². The zero-order chi connectivity index (χ0) is 15.3. The highest BCUT2D eigenvalue weighted by Crippen LogP contribution is 2.07. The second kappa shape index (κ2) is 6.75. The Kier molecular flexibility index (Phi) is 5.00. The van der Waals surface area contributed by atoms with Crippen molar-refractivity contribution in [2.45, 2.75) is 18.0 Å². The molecule has 0 amide bonds. The van der Waals surface area contributed by atoms with Gasteiger partial charge in [-0.3, -0.25) is 0 Å². The van der Waals surface area contributed by atoms with Gasteiger partial charge in [0.2, 0.25) is 0 Å². The summed E-state index contributed by atoms with van der Waals surface area (Å²) < 4.78 is 39.5. The van der Waals surface area contributed by atoms with E-state index >= 15 is 0 Å². The van der Waals surface area contributed by atoms with Gasteiger partial charge in [0, 0.05) is 19.3 Å². The normalized spacial score (nSPS) is 11.5. The minimum atomic E-state index is -3.66. The lowest BCUT2D eigenvalue weighted by Crippen LogP contribution is -2.26. The Bertz CT molecular complexity index is 702. The Morgan fingerprint density at radius 2 is 2.00 bits per heavy atom. The summed E-state index contributed by atoms with van der Waals surface area (Å²) >= 11 is 0. The van der Waals surface area contributed by atoms with Crippen LogP contribution in [0.3, 0.4) is 0 Å². The molecule has 0 radical (unpaired) electrons. The summed E-state index contributed by atoms with van der Waals surface area (Å²) in [5.41, 5.74) is 6.91. The van der Waals surface area contributed by atoms with Crippen molar-refractivity contribution in [3.63, 3.8) is 0 Å². The molecule has 1 aromatic heterocycles. The molecule has 0 unspecified atom stereocenters. The van der Waals surface area contributed by atoms with Crippen molar-refractivity contribution in [2.75, 3.05) is 6.54 Å². The molecule has 2 rings (SSSR count). The van der Waals surface area contributed by atoms with Crippen LogP contribution in [0.15, 0.2) is 47.6 Å². The Balaban J connectivity index is 1.97. The maximum absolute atomic E-state index is 13.0. The molecule has 0 bridgehead atoms. The molecular formula is C14H16FN3O2S. The second-order valence-electron chi connectivity index (χ2n) is 4.49. The van der Waals surface area contributed by atoms with Gasteiger partial charge in [-0.05, 0) is 35.7 Å². The zero-order valence-corrected chi connectivity index (χ0v) is 12.1. The molecule has 0 fully saturated rings. The molecule has 1 heterocycles. The monoisotopic (exact) mass is 309 g/mol. The molecule has 21 heavy (non-hydrogen) atoms. The molecule has 0 spiro atoms. The first-order chi connectivity index (χ1) is 10.0. The third-order valence-electron chi connectivity index (χ3n) is 2.90. The Hall–Kier alpha value is -1.83. The molecule has 1 aromatic carbocycles. The van der Waals surface area contributed by atoms with Crippen LogP contribution in [0.5, 0.6) is 0 Å². The maximum Gasteiger partial charge on any atom is 0.258 e. The molecule has 0 saturated carbocycles. The number of nitrogens with zero attached hydrogens (tertiary/aromatic N) is 1. The zero-order valence-electron chi connectivity index (χ0n) is 11.3. The van der Waals surface area contributed by atoms with Gasteiger partial charge in [-0.25, -0.2) is 22.5 Å². The number of rotatable bonds is 6. The predicted molar refractivity (Wildman–Crippen MR) is 77.4 cm³/mol. The van der Waals surface area contributed by atoms with E-state index in [1.807, 2.05) is 0 Å². The smallest absolute Gasteiger partial charge is 0.258 e. The van der Waals surface area contributed by atoms with Crippen LogP contribution in [0.25, 0.3) is 0 Å². The van der Waals surface area contributed by atoms with Gasteiger partial charge in [-0.2, -0.15) is 0 Å². The average Bonchev–Trinajstić information content (AvgIpc) is 2.47. The van der Waals surface area contributed by atoms with Crippen molar-refractivity contribution in [3.8, 4) is 0 Å². The standard InChI is InChI=1S/C14H16FN3O2S/c15-13-3-1-2-11(8-13)6-7-18-21(19,20)14-5-4-12(9-16)10-17-14/h1-5,8,10,18H,6-7,9,16H2. The van der Waals surface area contributed by atoms with E-state index in [2.05, 4.69) is 9.71 Å². The van der Waals surface area contributed by atoms with Gasteiger partial charge in [-0.1, -0.05) is 18.2 Å². The minimum absolute atomic E-state index is 0.0565. The number of hydrogen-bond acceptors (Lipinski definition) is 4. The van der Waals surface area contributed by atoms with Crippen LogP contribution in [0.2, 0.25) is 0 Å². The van der Waals surface area contributed by atoms with Crippen LogP contribution in [0.1, 0.15) is 11.1 Å². The van der Waals surface area contributed by atoms with Crippen molar-refractivity contribution in [1.82, 2.24) is 9.71 Å². The number of nitrogens with one attached hydrogen (secondary N) is 1. The lowest BCUT2D eigenvalue weighted by molar-refractivity contribution is 0.577. The van der Waals surface area contributed by atoms with Crippen LogP contribution < -0.4 is 10.5 Å². The van der Waals surface area contributed by atoms with E-state index in [1.165, 1.54) is 24.4 Å². The number of hydrogen-bond donors (Lipinski definition) is 2. The van der Waals surface area contributed by atoms with E-state index in [4.69, 9.17) is 5.73 Å². The molecular weight excluding hydrogens is 293 g/mol. The number of pyridine rings is 1. The van der Waals surface area contributed by atoms with Crippen molar-refractivity contribution in [1.29, 1.82) is 0 Å². The maximum atomic E-state index is 13.0. The third kappa shape index (κ3) is 4.32. The topological polar surface area (TPSA) is 85.1 Å². The Labute approximate surface area is 123 Å². The van der Waals surface area contributed by atoms with Gasteiger partial charge in [0.15, 0.2) is 5.03 Å². The van der Waals surface area contributed by atoms with Crippen molar-refractivity contribution in [3.05, 3.63) is 59.5 Å². The van der Waals surface area contributed by atoms with E-state index in [1.54, 1.807) is 18.2 Å². The van der Waals surface area contributed by atoms with Crippen LogP contribution in [0, 0.1) is 5.82 Å². The molecule has 0 aliphatic carbocycles. The first-order valence-electron chi connectivity index (χ1n) is 6.40. The first kappa shape index (κ1) is 15.6. The van der Waals surface area contributed by atoms with Crippen LogP contribution in [0.4, 0.5) is 4.39 Å². The lowest BCUT2D eigenvalue weighted by atomic mass is 10.1. The molecule has 2 aromatic rings. The molecule has 112 valence electrons. The number of benzene rings is 1. The number of sulfonamides is 1. The largest absolute Gasteiger partial charge is 0.326 e. The fraction of sp³-hybridized carbons (Fsp3) is 0.214. The number of nitrogens with two attached hydrogens (primary N) is 1. The fourth-order valence-electron chi connectivity index (χ4n) is 1.79. The van der Waals surface area contributed by atoms with Crippen molar-refractivity contribution < 1.29 is 12.8 Å². The van der Waals surface area contributed by atoms with Gasteiger partial charge in [0.25, 0.3) is 10.0 Å². The average molecular weight is 309 g/mol. The molecule has 0 atom stereocenters. The van der Waals surface area contributed by atoms with Gasteiger partial charge >= 0.3 is 0 Å². The van der Waals surface area contributed by atoms with Gasteiger partial charge in [-0.15, -0.1) is 0 Å². The van der Waals surface area contributed by atoms with E-state index in [0.29, 0.717) is 13.0 Å². The Morgan fingerprint density at radius 3 is 2.62 bits per heavy atom. The SMILES string of the molecule is NCc1ccc(S(=O)(=O)NCCc2cccc(F)c2)nc1. The van der Waals surface area contributed by atoms with Crippen molar-refractivity contribution >= 4 is 10.0 Å². The Morgan fingerprint density at radius 1 is 1.19 bits per heavy atom. The summed E-state index contributed by atoms with van der Waals surface area (Å²) in [6, 6.07) is 9.08. The summed E-state index contributed by atoms with van der Waals surface area (Å²) in [5.74, 6) is -0.339. The van der Waals surface area contributed by atoms with E-state index in [0.717, 1.165) is 11.1 Å². The number of aromatic nitrogens is 1. The molecule has 0 aliphatic heterocycles. The quantitative estimate of drug-likeness (QED) is 0.839. The van der Waals surface area contributed by atoms with E-state index < -0.39 is 10.0 Å². The molecule has 5 nitrogen and oxygen atoms in total. The van der Waals surface area contributed by atoms with Crippen LogP contribution >= 0.6 is 0 Å². The summed E-state index contributed by atoms with van der Waals surface area (Å²) in [6.45, 7) is 0.479. The van der Waals surface area contributed by atoms with Crippen molar-refractivity contribution in [2.24, 2.45) is 5.73 Å². The molecule has 7 heteroatoms. The highest BCUT2D eigenvalue weighted by atomic mass is 32.2. The summed E-state index contributed by atoms with van der Waals surface area (Å²) in [5, 5.41) is -0.0565. The van der Waals surface area contributed by atoms with E-state index in [-0.39, 0.29) is 17.4 Å². The number of halogens is 1. The highest BCUT2D eigenvalue weighted by molar-refractivity contribution is 7.89. The molecule has 3 N–H and O–H groups in total. The minimum Gasteiger partial charge on any atom is -0.326 e. The summed E-state index contributed by atoms with van der Waals surface area (Å²) in [4.78, 5) is 3.87. The fourth-order valence-corrected chi connectivity index (χ4v) is 2.74. The third-order valence-corrected chi connectivity index (χ3v) is 4.28. The summed E-state index contributed by atoms with van der Waals surface area (Å²) in [7, 11) is -3.66.